The Morgan fingerprint density at radius 2 is 2.05 bits per heavy atom. The maximum atomic E-state index is 13.2. The number of thiophene rings is 1. The molecule has 2 aromatic rings. The molecule has 19 heavy (non-hydrogen) atoms. The first kappa shape index (κ1) is 13.8. The summed E-state index contributed by atoms with van der Waals surface area (Å²) in [5, 5.41) is 11.8. The maximum absolute atomic E-state index is 13.2. The summed E-state index contributed by atoms with van der Waals surface area (Å²) >= 11 is 7.02. The lowest BCUT2D eigenvalue weighted by molar-refractivity contribution is -0.136. The number of halogens is 2. The fourth-order valence-electron chi connectivity index (χ4n) is 1.56. The van der Waals surface area contributed by atoms with E-state index in [9.17, 15) is 9.18 Å². The Labute approximate surface area is 118 Å². The molecule has 0 saturated carbocycles. The third-order valence-electron chi connectivity index (χ3n) is 2.43. The quantitative estimate of drug-likeness (QED) is 0.883. The Hall–Kier alpha value is -1.59. The van der Waals surface area contributed by atoms with E-state index in [1.165, 1.54) is 23.5 Å². The van der Waals surface area contributed by atoms with Crippen molar-refractivity contribution < 1.29 is 14.3 Å². The summed E-state index contributed by atoms with van der Waals surface area (Å²) in [6.45, 7) is 0.519. The molecule has 0 aliphatic heterocycles. The Morgan fingerprint density at radius 3 is 2.74 bits per heavy atom. The van der Waals surface area contributed by atoms with Crippen LogP contribution in [0.4, 0.5) is 10.1 Å². The van der Waals surface area contributed by atoms with E-state index in [4.69, 9.17) is 16.7 Å². The standard InChI is InChI=1S/C13H11ClFNO2S/c14-11-4-1-8(5-12(11)15)16-7-10-3-2-9(19-10)6-13(17)18/h1-5,16H,6-7H2,(H,17,18). The molecule has 3 nitrogen and oxygen atoms in total. The van der Waals surface area contributed by atoms with Crippen LogP contribution in [0.15, 0.2) is 30.3 Å². The van der Waals surface area contributed by atoms with Gasteiger partial charge in [0.2, 0.25) is 0 Å². The molecule has 0 bridgehead atoms. The second-order valence-corrected chi connectivity index (χ2v) is 5.58. The summed E-state index contributed by atoms with van der Waals surface area (Å²) in [6, 6.07) is 8.16. The van der Waals surface area contributed by atoms with Crippen LogP contribution >= 0.6 is 22.9 Å². The number of carboxylic acids is 1. The van der Waals surface area contributed by atoms with E-state index in [-0.39, 0.29) is 11.4 Å². The number of rotatable bonds is 5. The van der Waals surface area contributed by atoms with E-state index in [1.807, 2.05) is 6.07 Å². The number of anilines is 1. The summed E-state index contributed by atoms with van der Waals surface area (Å²) in [5.74, 6) is -1.31. The van der Waals surface area contributed by atoms with Crippen molar-refractivity contribution in [1.82, 2.24) is 0 Å². The molecule has 2 rings (SSSR count). The highest BCUT2D eigenvalue weighted by molar-refractivity contribution is 7.12. The zero-order valence-corrected chi connectivity index (χ0v) is 11.4. The molecular weight excluding hydrogens is 289 g/mol. The Balaban J connectivity index is 1.96. The van der Waals surface area contributed by atoms with E-state index >= 15 is 0 Å². The predicted molar refractivity (Wildman–Crippen MR) is 74.4 cm³/mol. The zero-order chi connectivity index (χ0) is 13.8. The normalized spacial score (nSPS) is 10.4. The van der Waals surface area contributed by atoms with Gasteiger partial charge in [-0.15, -0.1) is 11.3 Å². The van der Waals surface area contributed by atoms with Crippen molar-refractivity contribution in [2.75, 3.05) is 5.32 Å². The lowest BCUT2D eigenvalue weighted by atomic mass is 10.3. The largest absolute Gasteiger partial charge is 0.481 e. The highest BCUT2D eigenvalue weighted by Crippen LogP contribution is 2.21. The Kier molecular flexibility index (Phi) is 4.39. The zero-order valence-electron chi connectivity index (χ0n) is 9.82. The fraction of sp³-hybridized carbons (Fsp3) is 0.154. The minimum absolute atomic E-state index is 0.0280. The summed E-state index contributed by atoms with van der Waals surface area (Å²) in [4.78, 5) is 12.4. The van der Waals surface area contributed by atoms with Crippen molar-refractivity contribution in [3.8, 4) is 0 Å². The molecule has 0 aliphatic carbocycles. The SMILES string of the molecule is O=C(O)Cc1ccc(CNc2ccc(Cl)c(F)c2)s1. The molecule has 1 aromatic carbocycles. The number of nitrogens with one attached hydrogen (secondary N) is 1. The van der Waals surface area contributed by atoms with Crippen molar-refractivity contribution in [3.05, 3.63) is 50.9 Å². The van der Waals surface area contributed by atoms with E-state index in [2.05, 4.69) is 5.32 Å². The minimum Gasteiger partial charge on any atom is -0.481 e. The molecule has 0 atom stereocenters. The molecule has 100 valence electrons. The molecule has 0 unspecified atom stereocenters. The van der Waals surface area contributed by atoms with Gasteiger partial charge in [0, 0.05) is 22.0 Å². The fourth-order valence-corrected chi connectivity index (χ4v) is 2.62. The first-order valence-corrected chi connectivity index (χ1v) is 6.72. The van der Waals surface area contributed by atoms with Gasteiger partial charge in [-0.2, -0.15) is 0 Å². The number of benzene rings is 1. The van der Waals surface area contributed by atoms with Crippen LogP contribution < -0.4 is 5.32 Å². The molecular formula is C13H11ClFNO2S. The van der Waals surface area contributed by atoms with Crippen LogP contribution in [-0.4, -0.2) is 11.1 Å². The van der Waals surface area contributed by atoms with Crippen molar-refractivity contribution in [1.29, 1.82) is 0 Å². The third kappa shape index (κ3) is 3.94. The van der Waals surface area contributed by atoms with E-state index in [0.29, 0.717) is 12.2 Å². The van der Waals surface area contributed by atoms with Crippen LogP contribution in [0.3, 0.4) is 0 Å². The number of aliphatic carboxylic acids is 1. The first-order valence-electron chi connectivity index (χ1n) is 5.53. The van der Waals surface area contributed by atoms with Gasteiger partial charge < -0.3 is 10.4 Å². The number of carboxylic acid groups (broad SMARTS) is 1. The van der Waals surface area contributed by atoms with Gasteiger partial charge >= 0.3 is 5.97 Å². The monoisotopic (exact) mass is 299 g/mol. The topological polar surface area (TPSA) is 49.3 Å². The van der Waals surface area contributed by atoms with Crippen molar-refractivity contribution in [2.24, 2.45) is 0 Å². The molecule has 0 radical (unpaired) electrons. The van der Waals surface area contributed by atoms with Gasteiger partial charge in [-0.05, 0) is 30.3 Å². The maximum Gasteiger partial charge on any atom is 0.308 e. The van der Waals surface area contributed by atoms with Crippen LogP contribution in [-0.2, 0) is 17.8 Å². The van der Waals surface area contributed by atoms with Gasteiger partial charge in [0.1, 0.15) is 5.82 Å². The molecule has 2 N–H and O–H groups in total. The second-order valence-electron chi connectivity index (χ2n) is 3.92. The molecule has 1 aromatic heterocycles. The third-order valence-corrected chi connectivity index (χ3v) is 3.82. The Bertz CT molecular complexity index is 600. The second kappa shape index (κ2) is 6.04. The predicted octanol–water partition coefficient (Wildman–Crippen LogP) is 3.78. The van der Waals surface area contributed by atoms with Gasteiger partial charge in [-0.1, -0.05) is 11.6 Å². The average molecular weight is 300 g/mol. The van der Waals surface area contributed by atoms with Crippen LogP contribution in [0.2, 0.25) is 5.02 Å². The Morgan fingerprint density at radius 1 is 1.32 bits per heavy atom. The number of carbonyl (C=O) groups is 1. The van der Waals surface area contributed by atoms with Gasteiger partial charge in [0.25, 0.3) is 0 Å². The lowest BCUT2D eigenvalue weighted by Gasteiger charge is -2.05. The van der Waals surface area contributed by atoms with E-state index in [1.54, 1.807) is 12.1 Å². The summed E-state index contributed by atoms with van der Waals surface area (Å²) in [6.07, 6.45) is 0.0280. The van der Waals surface area contributed by atoms with Gasteiger partial charge in [-0.3, -0.25) is 4.79 Å². The molecule has 0 saturated heterocycles. The molecule has 0 fully saturated rings. The average Bonchev–Trinajstić information content (AvgIpc) is 2.77. The lowest BCUT2D eigenvalue weighted by Crippen LogP contribution is -1.98. The summed E-state index contributed by atoms with van der Waals surface area (Å²) < 4.78 is 13.2. The summed E-state index contributed by atoms with van der Waals surface area (Å²) in [7, 11) is 0. The van der Waals surface area contributed by atoms with Crippen LogP contribution in [0, 0.1) is 5.82 Å². The molecule has 0 spiro atoms. The van der Waals surface area contributed by atoms with Crippen molar-refractivity contribution in [3.63, 3.8) is 0 Å². The van der Waals surface area contributed by atoms with Gasteiger partial charge in [0.05, 0.1) is 11.4 Å². The van der Waals surface area contributed by atoms with Gasteiger partial charge in [0.15, 0.2) is 0 Å². The molecule has 1 heterocycles. The van der Waals surface area contributed by atoms with Crippen LogP contribution in [0.25, 0.3) is 0 Å². The van der Waals surface area contributed by atoms with Gasteiger partial charge in [-0.25, -0.2) is 4.39 Å². The smallest absolute Gasteiger partial charge is 0.308 e. The highest BCUT2D eigenvalue weighted by atomic mass is 35.5. The van der Waals surface area contributed by atoms with Crippen LogP contribution in [0.5, 0.6) is 0 Å². The highest BCUT2D eigenvalue weighted by Gasteiger charge is 2.05. The van der Waals surface area contributed by atoms with E-state index < -0.39 is 11.8 Å². The molecule has 0 aliphatic rings. The molecule has 6 heteroatoms. The van der Waals surface area contributed by atoms with Crippen molar-refractivity contribution >= 4 is 34.6 Å². The van der Waals surface area contributed by atoms with E-state index in [0.717, 1.165) is 9.75 Å². The van der Waals surface area contributed by atoms with Crippen LogP contribution in [0.1, 0.15) is 9.75 Å². The number of hydrogen-bond acceptors (Lipinski definition) is 3. The first-order chi connectivity index (χ1) is 9.04. The summed E-state index contributed by atoms with van der Waals surface area (Å²) in [5.41, 5.74) is 0.634. The number of hydrogen-bond donors (Lipinski definition) is 2. The van der Waals surface area contributed by atoms with Crippen molar-refractivity contribution in [2.45, 2.75) is 13.0 Å². The minimum atomic E-state index is -0.846. The molecule has 0 amide bonds.